The maximum absolute atomic E-state index is 13.5. The summed E-state index contributed by atoms with van der Waals surface area (Å²) in [6.07, 6.45) is 4.23. The Labute approximate surface area is 179 Å². The van der Waals surface area contributed by atoms with E-state index in [0.717, 1.165) is 23.5 Å². The highest BCUT2D eigenvalue weighted by Gasteiger charge is 2.31. The van der Waals surface area contributed by atoms with Crippen molar-refractivity contribution in [3.8, 4) is 5.69 Å². The highest BCUT2D eigenvalue weighted by atomic mass is 16.2. The van der Waals surface area contributed by atoms with Crippen molar-refractivity contribution in [2.24, 2.45) is 0 Å². The molecule has 0 atom stereocenters. The summed E-state index contributed by atoms with van der Waals surface area (Å²) in [5.74, 6) is 0.328. The average molecular weight is 414 g/mol. The van der Waals surface area contributed by atoms with E-state index >= 15 is 0 Å². The molecule has 2 aromatic heterocycles. The minimum atomic E-state index is -0.388. The Morgan fingerprint density at radius 1 is 1.10 bits per heavy atom. The SMILES string of the molecule is CCc1ncc2c(n1)CN(C(=O)c1cc3c(n(-c4ccccc4)c1=O)CCCC3=O)C2. The summed E-state index contributed by atoms with van der Waals surface area (Å²) in [6.45, 7) is 2.67. The molecule has 0 bridgehead atoms. The molecule has 0 saturated carbocycles. The molecule has 7 nitrogen and oxygen atoms in total. The summed E-state index contributed by atoms with van der Waals surface area (Å²) in [6, 6.07) is 10.7. The molecule has 0 fully saturated rings. The van der Waals surface area contributed by atoms with Gasteiger partial charge in [-0.25, -0.2) is 9.97 Å². The lowest BCUT2D eigenvalue weighted by Crippen LogP contribution is -2.36. The molecule has 0 N–H and O–H groups in total. The molecular formula is C24H22N4O3. The lowest BCUT2D eigenvalue weighted by Gasteiger charge is -2.23. The molecule has 3 aromatic rings. The van der Waals surface area contributed by atoms with E-state index in [1.54, 1.807) is 11.1 Å². The fourth-order valence-corrected chi connectivity index (χ4v) is 4.37. The van der Waals surface area contributed by atoms with Gasteiger partial charge in [-0.05, 0) is 31.0 Å². The summed E-state index contributed by atoms with van der Waals surface area (Å²) < 4.78 is 1.54. The number of hydrogen-bond donors (Lipinski definition) is 0. The highest BCUT2D eigenvalue weighted by molar-refractivity contribution is 6.02. The Morgan fingerprint density at radius 3 is 2.68 bits per heavy atom. The Kier molecular flexibility index (Phi) is 4.73. The molecule has 1 amide bonds. The monoisotopic (exact) mass is 414 g/mol. The Bertz CT molecular complexity index is 1260. The van der Waals surface area contributed by atoms with Gasteiger partial charge in [-0.3, -0.25) is 19.0 Å². The first kappa shape index (κ1) is 19.4. The van der Waals surface area contributed by atoms with E-state index in [4.69, 9.17) is 0 Å². The predicted molar refractivity (Wildman–Crippen MR) is 114 cm³/mol. The zero-order valence-corrected chi connectivity index (χ0v) is 17.3. The van der Waals surface area contributed by atoms with Crippen LogP contribution in [0.1, 0.15) is 63.3 Å². The van der Waals surface area contributed by atoms with Crippen LogP contribution >= 0.6 is 0 Å². The van der Waals surface area contributed by atoms with Gasteiger partial charge < -0.3 is 4.90 Å². The van der Waals surface area contributed by atoms with Gasteiger partial charge in [0.1, 0.15) is 11.4 Å². The van der Waals surface area contributed by atoms with Gasteiger partial charge in [0.25, 0.3) is 11.5 Å². The predicted octanol–water partition coefficient (Wildman–Crippen LogP) is 2.86. The van der Waals surface area contributed by atoms with Crippen molar-refractivity contribution in [1.82, 2.24) is 19.4 Å². The smallest absolute Gasteiger partial charge is 0.268 e. The number of aromatic nitrogens is 3. The second kappa shape index (κ2) is 7.58. The number of benzene rings is 1. The van der Waals surface area contributed by atoms with Crippen LogP contribution in [0.2, 0.25) is 0 Å². The molecule has 1 aromatic carbocycles. The van der Waals surface area contributed by atoms with Crippen molar-refractivity contribution < 1.29 is 9.59 Å². The second-order valence-corrected chi connectivity index (χ2v) is 7.94. The molecule has 3 heterocycles. The first-order chi connectivity index (χ1) is 15.1. The molecule has 0 unspecified atom stereocenters. The first-order valence-corrected chi connectivity index (χ1v) is 10.6. The Morgan fingerprint density at radius 2 is 1.90 bits per heavy atom. The topological polar surface area (TPSA) is 85.2 Å². The molecule has 7 heteroatoms. The van der Waals surface area contributed by atoms with Crippen LogP contribution < -0.4 is 5.56 Å². The molecular weight excluding hydrogens is 392 g/mol. The normalized spacial score (nSPS) is 15.0. The maximum atomic E-state index is 13.5. The van der Waals surface area contributed by atoms with Gasteiger partial charge in [-0.15, -0.1) is 0 Å². The number of nitrogens with zero attached hydrogens (tertiary/aromatic N) is 4. The fraction of sp³-hybridized carbons (Fsp3) is 0.292. The van der Waals surface area contributed by atoms with Crippen molar-refractivity contribution in [3.63, 3.8) is 0 Å². The number of carbonyl (C=O) groups excluding carboxylic acids is 2. The molecule has 2 aliphatic rings. The number of rotatable bonds is 3. The molecule has 0 radical (unpaired) electrons. The van der Waals surface area contributed by atoms with Crippen LogP contribution in [0.15, 0.2) is 47.4 Å². The number of ketones is 1. The van der Waals surface area contributed by atoms with Crippen molar-refractivity contribution in [1.29, 1.82) is 0 Å². The fourth-order valence-electron chi connectivity index (χ4n) is 4.37. The van der Waals surface area contributed by atoms with Gasteiger partial charge in [0.15, 0.2) is 5.78 Å². The number of aryl methyl sites for hydroxylation is 1. The van der Waals surface area contributed by atoms with E-state index in [2.05, 4.69) is 9.97 Å². The van der Waals surface area contributed by atoms with E-state index < -0.39 is 0 Å². The first-order valence-electron chi connectivity index (χ1n) is 10.6. The minimum absolute atomic E-state index is 0.0225. The van der Waals surface area contributed by atoms with Crippen LogP contribution in [-0.2, 0) is 25.9 Å². The van der Waals surface area contributed by atoms with Crippen molar-refractivity contribution in [3.05, 3.63) is 86.9 Å². The van der Waals surface area contributed by atoms with Gasteiger partial charge in [-0.1, -0.05) is 25.1 Å². The maximum Gasteiger partial charge on any atom is 0.268 e. The van der Waals surface area contributed by atoms with Gasteiger partial charge in [-0.2, -0.15) is 0 Å². The number of Topliss-reactive ketones (excluding diaryl/α,β-unsaturated/α-hetero) is 1. The average Bonchev–Trinajstić information content (AvgIpc) is 3.22. The highest BCUT2D eigenvalue weighted by Crippen LogP contribution is 2.26. The van der Waals surface area contributed by atoms with Gasteiger partial charge in [0, 0.05) is 48.1 Å². The van der Waals surface area contributed by atoms with E-state index in [0.29, 0.717) is 49.3 Å². The Hall–Kier alpha value is -3.61. The molecule has 5 rings (SSSR count). The number of pyridine rings is 1. The van der Waals surface area contributed by atoms with Crippen molar-refractivity contribution in [2.45, 2.75) is 45.7 Å². The summed E-state index contributed by atoms with van der Waals surface area (Å²) in [5, 5.41) is 0. The second-order valence-electron chi connectivity index (χ2n) is 7.94. The number of amides is 1. The third-order valence-electron chi connectivity index (χ3n) is 5.97. The van der Waals surface area contributed by atoms with E-state index in [-0.39, 0.29) is 22.8 Å². The van der Waals surface area contributed by atoms with Crippen LogP contribution in [0.5, 0.6) is 0 Å². The third-order valence-corrected chi connectivity index (χ3v) is 5.97. The third kappa shape index (κ3) is 3.26. The minimum Gasteiger partial charge on any atom is -0.328 e. The standard InChI is InChI=1S/C24H22N4O3/c1-2-22-25-12-15-13-27(14-19(15)26-22)23(30)18-11-17-20(9-6-10-21(17)29)28(24(18)31)16-7-4-3-5-8-16/h3-5,7-8,11-12H,2,6,9-10,13-14H2,1H3. The summed E-state index contributed by atoms with van der Waals surface area (Å²) in [4.78, 5) is 50.0. The van der Waals surface area contributed by atoms with E-state index in [1.807, 2.05) is 37.3 Å². The van der Waals surface area contributed by atoms with Crippen molar-refractivity contribution >= 4 is 11.7 Å². The number of carbonyl (C=O) groups is 2. The quantitative estimate of drug-likeness (QED) is 0.658. The van der Waals surface area contributed by atoms with Crippen molar-refractivity contribution in [2.75, 3.05) is 0 Å². The molecule has 31 heavy (non-hydrogen) atoms. The van der Waals surface area contributed by atoms with Crippen LogP contribution in [0.3, 0.4) is 0 Å². The number of para-hydroxylation sites is 1. The van der Waals surface area contributed by atoms with Gasteiger partial charge >= 0.3 is 0 Å². The summed E-state index contributed by atoms with van der Waals surface area (Å²) in [7, 11) is 0. The van der Waals surface area contributed by atoms with Gasteiger partial charge in [0.2, 0.25) is 0 Å². The summed E-state index contributed by atoms with van der Waals surface area (Å²) in [5.41, 5.74) is 3.17. The summed E-state index contributed by atoms with van der Waals surface area (Å²) >= 11 is 0. The van der Waals surface area contributed by atoms with E-state index in [9.17, 15) is 14.4 Å². The van der Waals surface area contributed by atoms with Crippen LogP contribution in [0.4, 0.5) is 0 Å². The number of fused-ring (bicyclic) bond motifs is 2. The molecule has 156 valence electrons. The zero-order valence-electron chi connectivity index (χ0n) is 17.3. The largest absolute Gasteiger partial charge is 0.328 e. The van der Waals surface area contributed by atoms with Crippen LogP contribution in [0.25, 0.3) is 5.69 Å². The Balaban J connectivity index is 1.60. The molecule has 0 saturated heterocycles. The van der Waals surface area contributed by atoms with E-state index in [1.165, 1.54) is 10.6 Å². The molecule has 1 aliphatic heterocycles. The number of hydrogen-bond acceptors (Lipinski definition) is 5. The van der Waals surface area contributed by atoms with Gasteiger partial charge in [0.05, 0.1) is 12.2 Å². The van der Waals surface area contributed by atoms with Crippen LogP contribution in [0, 0.1) is 0 Å². The van der Waals surface area contributed by atoms with Crippen LogP contribution in [-0.4, -0.2) is 31.1 Å². The zero-order chi connectivity index (χ0) is 21.5. The molecule has 0 spiro atoms. The lowest BCUT2D eigenvalue weighted by atomic mass is 9.92. The lowest BCUT2D eigenvalue weighted by molar-refractivity contribution is 0.0748. The molecule has 1 aliphatic carbocycles.